The number of nitro groups is 1. The molecule has 0 saturated heterocycles. The quantitative estimate of drug-likeness (QED) is 0.250. The molecule has 0 spiro atoms. The zero-order valence-electron chi connectivity index (χ0n) is 15.2. The van der Waals surface area contributed by atoms with Crippen molar-refractivity contribution in [2.45, 2.75) is 6.10 Å². The number of non-ortho nitro benzene ring substituents is 1. The SMILES string of the molecule is O=C(OC(C(=O)Nc1ccc([N+](=O)[O-])cc1Br)c1ccccc1)c1cccc(Br)c1. The molecule has 7 nitrogen and oxygen atoms in total. The zero-order chi connectivity index (χ0) is 21.7. The third kappa shape index (κ3) is 5.31. The Hall–Kier alpha value is -3.04. The highest BCUT2D eigenvalue weighted by atomic mass is 79.9. The molecule has 0 fully saturated rings. The molecule has 1 atom stereocenters. The van der Waals surface area contributed by atoms with Crippen molar-refractivity contribution in [2.24, 2.45) is 0 Å². The molecule has 152 valence electrons. The lowest BCUT2D eigenvalue weighted by Crippen LogP contribution is -2.26. The summed E-state index contributed by atoms with van der Waals surface area (Å²) >= 11 is 6.51. The summed E-state index contributed by atoms with van der Waals surface area (Å²) in [4.78, 5) is 35.9. The standard InChI is InChI=1S/C21H14Br2N2O5/c22-15-8-4-7-14(11-15)21(27)30-19(13-5-2-1-3-6-13)20(26)24-18-10-9-16(25(28)29)12-17(18)23/h1-12,19H,(H,24,26). The summed E-state index contributed by atoms with van der Waals surface area (Å²) in [7, 11) is 0. The van der Waals surface area contributed by atoms with Gasteiger partial charge in [-0.05, 0) is 40.2 Å². The summed E-state index contributed by atoms with van der Waals surface area (Å²) < 4.78 is 6.55. The van der Waals surface area contributed by atoms with Crippen molar-refractivity contribution in [3.63, 3.8) is 0 Å². The summed E-state index contributed by atoms with van der Waals surface area (Å²) in [6.07, 6.45) is -1.22. The number of nitrogens with zero attached hydrogens (tertiary/aromatic N) is 1. The van der Waals surface area contributed by atoms with Crippen LogP contribution >= 0.6 is 31.9 Å². The van der Waals surface area contributed by atoms with Gasteiger partial charge in [0.05, 0.1) is 16.2 Å². The molecular weight excluding hydrogens is 520 g/mol. The van der Waals surface area contributed by atoms with Crippen LogP contribution in [0.15, 0.2) is 81.7 Å². The largest absolute Gasteiger partial charge is 0.444 e. The van der Waals surface area contributed by atoms with Crippen LogP contribution in [-0.4, -0.2) is 16.8 Å². The third-order valence-electron chi connectivity index (χ3n) is 4.05. The number of nitro benzene ring substituents is 1. The molecular formula is C21H14Br2N2O5. The highest BCUT2D eigenvalue weighted by Gasteiger charge is 2.26. The maximum atomic E-state index is 13.0. The molecule has 3 aromatic rings. The molecule has 0 saturated carbocycles. The van der Waals surface area contributed by atoms with E-state index in [1.54, 1.807) is 54.6 Å². The lowest BCUT2D eigenvalue weighted by Gasteiger charge is -2.18. The first-order valence-corrected chi connectivity index (χ1v) is 10.2. The number of hydrogen-bond donors (Lipinski definition) is 1. The van der Waals surface area contributed by atoms with E-state index in [9.17, 15) is 19.7 Å². The van der Waals surface area contributed by atoms with Gasteiger partial charge in [0.1, 0.15) is 0 Å². The monoisotopic (exact) mass is 532 g/mol. The lowest BCUT2D eigenvalue weighted by atomic mass is 10.1. The molecule has 9 heteroatoms. The van der Waals surface area contributed by atoms with E-state index in [0.29, 0.717) is 20.2 Å². The molecule has 30 heavy (non-hydrogen) atoms. The number of nitrogens with one attached hydrogen (secondary N) is 1. The Kier molecular flexibility index (Phi) is 6.96. The molecule has 0 radical (unpaired) electrons. The normalized spacial score (nSPS) is 11.4. The van der Waals surface area contributed by atoms with E-state index in [0.717, 1.165) is 0 Å². The number of hydrogen-bond acceptors (Lipinski definition) is 5. The van der Waals surface area contributed by atoms with Crippen LogP contribution in [0.1, 0.15) is 22.0 Å². The molecule has 1 amide bonds. The fourth-order valence-electron chi connectivity index (χ4n) is 2.61. The number of carbonyl (C=O) groups is 2. The van der Waals surface area contributed by atoms with Gasteiger partial charge >= 0.3 is 5.97 Å². The van der Waals surface area contributed by atoms with Crippen LogP contribution in [0.3, 0.4) is 0 Å². The van der Waals surface area contributed by atoms with Gasteiger partial charge in [0.15, 0.2) is 0 Å². The highest BCUT2D eigenvalue weighted by molar-refractivity contribution is 9.10. The number of carbonyl (C=O) groups excluding carboxylic acids is 2. The second kappa shape index (κ2) is 9.64. The fraction of sp³-hybridized carbons (Fsp3) is 0.0476. The van der Waals surface area contributed by atoms with Gasteiger partial charge in [0.25, 0.3) is 11.6 Å². The van der Waals surface area contributed by atoms with Crippen LogP contribution < -0.4 is 5.32 Å². The molecule has 0 aliphatic carbocycles. The molecule has 3 aromatic carbocycles. The van der Waals surface area contributed by atoms with E-state index in [1.165, 1.54) is 18.2 Å². The summed E-state index contributed by atoms with van der Waals surface area (Å²) in [6, 6.07) is 19.2. The van der Waals surface area contributed by atoms with Crippen LogP contribution in [0.5, 0.6) is 0 Å². The van der Waals surface area contributed by atoms with E-state index in [-0.39, 0.29) is 11.3 Å². The lowest BCUT2D eigenvalue weighted by molar-refractivity contribution is -0.384. The van der Waals surface area contributed by atoms with E-state index < -0.39 is 22.9 Å². The summed E-state index contributed by atoms with van der Waals surface area (Å²) in [5, 5.41) is 13.5. The summed E-state index contributed by atoms with van der Waals surface area (Å²) in [5.74, 6) is -1.26. The van der Waals surface area contributed by atoms with Gasteiger partial charge in [-0.3, -0.25) is 14.9 Å². The minimum atomic E-state index is -1.22. The van der Waals surface area contributed by atoms with Crippen molar-refractivity contribution < 1.29 is 19.2 Å². The van der Waals surface area contributed by atoms with Crippen LogP contribution in [0, 0.1) is 10.1 Å². The molecule has 0 aliphatic heterocycles. The molecule has 0 bridgehead atoms. The Morgan fingerprint density at radius 3 is 2.33 bits per heavy atom. The first-order valence-electron chi connectivity index (χ1n) is 8.61. The molecule has 1 unspecified atom stereocenters. The Bertz CT molecular complexity index is 1110. The average molecular weight is 534 g/mol. The first kappa shape index (κ1) is 21.7. The van der Waals surface area contributed by atoms with Crippen molar-refractivity contribution in [3.05, 3.63) is 103 Å². The second-order valence-electron chi connectivity index (χ2n) is 6.12. The minimum absolute atomic E-state index is 0.124. The maximum Gasteiger partial charge on any atom is 0.339 e. The number of ether oxygens (including phenoxy) is 1. The van der Waals surface area contributed by atoms with Crippen molar-refractivity contribution in [2.75, 3.05) is 5.32 Å². The number of anilines is 1. The van der Waals surface area contributed by atoms with Crippen molar-refractivity contribution in [1.29, 1.82) is 0 Å². The average Bonchev–Trinajstić information content (AvgIpc) is 2.73. The Morgan fingerprint density at radius 2 is 1.70 bits per heavy atom. The third-order valence-corrected chi connectivity index (χ3v) is 5.20. The minimum Gasteiger partial charge on any atom is -0.444 e. The van der Waals surface area contributed by atoms with Gasteiger partial charge in [0.2, 0.25) is 6.10 Å². The van der Waals surface area contributed by atoms with E-state index >= 15 is 0 Å². The van der Waals surface area contributed by atoms with Crippen LogP contribution in [0.25, 0.3) is 0 Å². The number of amides is 1. The topological polar surface area (TPSA) is 98.5 Å². The molecule has 1 N–H and O–H groups in total. The Labute approximate surface area is 188 Å². The Morgan fingerprint density at radius 1 is 0.967 bits per heavy atom. The molecule has 0 aromatic heterocycles. The molecule has 0 aliphatic rings. The number of halogens is 2. The first-order chi connectivity index (χ1) is 14.3. The fourth-order valence-corrected chi connectivity index (χ4v) is 3.47. The number of rotatable bonds is 6. The van der Waals surface area contributed by atoms with Gasteiger partial charge in [0, 0.05) is 26.6 Å². The van der Waals surface area contributed by atoms with Crippen molar-refractivity contribution in [1.82, 2.24) is 0 Å². The van der Waals surface area contributed by atoms with Gasteiger partial charge in [-0.2, -0.15) is 0 Å². The van der Waals surface area contributed by atoms with Crippen molar-refractivity contribution >= 4 is 55.1 Å². The predicted octanol–water partition coefficient (Wildman–Crippen LogP) is 5.66. The van der Waals surface area contributed by atoms with Gasteiger partial charge in [-0.25, -0.2) is 4.79 Å². The number of benzene rings is 3. The van der Waals surface area contributed by atoms with Crippen LogP contribution in [0.2, 0.25) is 0 Å². The zero-order valence-corrected chi connectivity index (χ0v) is 18.4. The van der Waals surface area contributed by atoms with Crippen molar-refractivity contribution in [3.8, 4) is 0 Å². The number of esters is 1. The second-order valence-corrected chi connectivity index (χ2v) is 7.89. The van der Waals surface area contributed by atoms with E-state index in [4.69, 9.17) is 4.74 Å². The molecule has 0 heterocycles. The van der Waals surface area contributed by atoms with Crippen LogP contribution in [0.4, 0.5) is 11.4 Å². The van der Waals surface area contributed by atoms with Gasteiger partial charge in [-0.15, -0.1) is 0 Å². The molecule has 3 rings (SSSR count). The van der Waals surface area contributed by atoms with Gasteiger partial charge < -0.3 is 10.1 Å². The van der Waals surface area contributed by atoms with Crippen LogP contribution in [-0.2, 0) is 9.53 Å². The maximum absolute atomic E-state index is 13.0. The summed E-state index contributed by atoms with van der Waals surface area (Å²) in [6.45, 7) is 0. The predicted molar refractivity (Wildman–Crippen MR) is 118 cm³/mol. The van der Waals surface area contributed by atoms with Gasteiger partial charge in [-0.1, -0.05) is 52.3 Å². The smallest absolute Gasteiger partial charge is 0.339 e. The highest BCUT2D eigenvalue weighted by Crippen LogP contribution is 2.29. The van der Waals surface area contributed by atoms with E-state index in [1.807, 2.05) is 0 Å². The summed E-state index contributed by atoms with van der Waals surface area (Å²) in [5.41, 5.74) is 0.955. The Balaban J connectivity index is 1.86. The van der Waals surface area contributed by atoms with E-state index in [2.05, 4.69) is 37.2 Å².